The molecule has 2 aliphatic rings. The van der Waals surface area contributed by atoms with E-state index in [0.29, 0.717) is 5.92 Å². The van der Waals surface area contributed by atoms with Crippen LogP contribution in [-0.2, 0) is 4.79 Å². The molecule has 3 heterocycles. The lowest BCUT2D eigenvalue weighted by Crippen LogP contribution is -2.43. The number of thioether (sulfide) groups is 1. The van der Waals surface area contributed by atoms with Crippen LogP contribution < -0.4 is 5.32 Å². The molecule has 1 N–H and O–H groups in total. The van der Waals surface area contributed by atoms with Crippen LogP contribution in [0.2, 0.25) is 0 Å². The summed E-state index contributed by atoms with van der Waals surface area (Å²) in [5, 5.41) is 5.69. The summed E-state index contributed by atoms with van der Waals surface area (Å²) in [5.41, 5.74) is -0.405. The highest BCUT2D eigenvalue weighted by Crippen LogP contribution is 2.36. The van der Waals surface area contributed by atoms with Gasteiger partial charge in [-0.1, -0.05) is 13.0 Å². The van der Waals surface area contributed by atoms with Gasteiger partial charge >= 0.3 is 0 Å². The van der Waals surface area contributed by atoms with Crippen LogP contribution >= 0.6 is 23.1 Å². The molecule has 1 aromatic heterocycles. The Labute approximate surface area is 135 Å². The monoisotopic (exact) mass is 324 g/mol. The van der Waals surface area contributed by atoms with Crippen molar-refractivity contribution in [2.24, 2.45) is 5.92 Å². The number of rotatable bonds is 4. The highest BCUT2D eigenvalue weighted by molar-refractivity contribution is 7.99. The molecule has 0 radical (unpaired) electrons. The average molecular weight is 325 g/mol. The van der Waals surface area contributed by atoms with Crippen LogP contribution in [0.25, 0.3) is 0 Å². The van der Waals surface area contributed by atoms with Gasteiger partial charge in [0.1, 0.15) is 6.17 Å². The number of nitrogens with zero attached hydrogens (tertiary/aromatic N) is 1. The largest absolute Gasteiger partial charge is 0.320 e. The van der Waals surface area contributed by atoms with E-state index >= 15 is 0 Å². The minimum absolute atomic E-state index is 0.0667. The van der Waals surface area contributed by atoms with Crippen molar-refractivity contribution >= 4 is 29.0 Å². The summed E-state index contributed by atoms with van der Waals surface area (Å²) < 4.78 is 0. The molecule has 116 valence electrons. The maximum Gasteiger partial charge on any atom is 0.244 e. The Morgan fingerprint density at radius 2 is 2.19 bits per heavy atom. The summed E-state index contributed by atoms with van der Waals surface area (Å²) in [6, 6.07) is 4.21. The summed E-state index contributed by atoms with van der Waals surface area (Å²) in [4.78, 5) is 16.3. The predicted octanol–water partition coefficient (Wildman–Crippen LogP) is 3.49. The van der Waals surface area contributed by atoms with Gasteiger partial charge in [-0.05, 0) is 55.1 Å². The van der Waals surface area contributed by atoms with Crippen LogP contribution in [0.3, 0.4) is 0 Å². The van der Waals surface area contributed by atoms with Crippen LogP contribution in [0.5, 0.6) is 0 Å². The molecule has 0 aliphatic carbocycles. The quantitative estimate of drug-likeness (QED) is 0.920. The zero-order chi connectivity index (χ0) is 14.9. The number of carbonyl (C=O) groups is 1. The summed E-state index contributed by atoms with van der Waals surface area (Å²) in [7, 11) is 0. The molecule has 2 atom stereocenters. The third kappa shape index (κ3) is 3.01. The molecule has 0 spiro atoms. The average Bonchev–Trinajstić information content (AvgIpc) is 3.11. The fourth-order valence-corrected chi connectivity index (χ4v) is 5.19. The van der Waals surface area contributed by atoms with Crippen LogP contribution in [0, 0.1) is 5.92 Å². The van der Waals surface area contributed by atoms with Gasteiger partial charge in [0, 0.05) is 11.4 Å². The molecule has 2 fully saturated rings. The van der Waals surface area contributed by atoms with Crippen molar-refractivity contribution in [3.05, 3.63) is 22.4 Å². The van der Waals surface area contributed by atoms with Crippen LogP contribution in [0.1, 0.15) is 44.2 Å². The van der Waals surface area contributed by atoms with E-state index in [9.17, 15) is 4.79 Å². The second-order valence-electron chi connectivity index (χ2n) is 6.26. The molecule has 1 amide bonds. The van der Waals surface area contributed by atoms with E-state index in [1.54, 1.807) is 11.3 Å². The Morgan fingerprint density at radius 3 is 2.81 bits per heavy atom. The van der Waals surface area contributed by atoms with Gasteiger partial charge in [-0.3, -0.25) is 10.1 Å². The van der Waals surface area contributed by atoms with Crippen molar-refractivity contribution in [3.8, 4) is 0 Å². The molecule has 3 nitrogen and oxygen atoms in total. The van der Waals surface area contributed by atoms with E-state index in [0.717, 1.165) is 13.0 Å². The Kier molecular flexibility index (Phi) is 4.62. The van der Waals surface area contributed by atoms with Gasteiger partial charge in [0.05, 0.1) is 5.54 Å². The van der Waals surface area contributed by atoms with Crippen LogP contribution in [-0.4, -0.2) is 34.4 Å². The normalized spacial score (nSPS) is 31.0. The second-order valence-corrected chi connectivity index (χ2v) is 8.47. The predicted molar refractivity (Wildman–Crippen MR) is 90.7 cm³/mol. The molecule has 3 rings (SSSR count). The molecule has 2 unspecified atom stereocenters. The number of thiophene rings is 1. The molecule has 1 aromatic rings. The Bertz CT molecular complexity index is 484. The summed E-state index contributed by atoms with van der Waals surface area (Å²) >= 11 is 3.78. The van der Waals surface area contributed by atoms with Gasteiger partial charge < -0.3 is 4.90 Å². The lowest BCUT2D eigenvalue weighted by molar-refractivity contribution is -0.133. The third-order valence-corrected chi connectivity index (χ3v) is 6.79. The fourth-order valence-electron chi connectivity index (χ4n) is 3.20. The van der Waals surface area contributed by atoms with E-state index in [1.165, 1.54) is 29.2 Å². The Hall–Kier alpha value is -0.520. The number of carbonyl (C=O) groups excluding carboxylic acids is 1. The molecular weight excluding hydrogens is 300 g/mol. The topological polar surface area (TPSA) is 32.3 Å². The standard InChI is InChI=1S/C16H24N2OS2/c1-3-16(2)15(19)18(11-12-6-9-20-10-7-12)14(17-16)13-5-4-8-21-13/h4-5,8,12,14,17H,3,6-7,9-11H2,1-2H3. The second kappa shape index (κ2) is 6.31. The molecular formula is C16H24N2OS2. The first-order chi connectivity index (χ1) is 10.1. The van der Waals surface area contributed by atoms with E-state index in [2.05, 4.69) is 34.7 Å². The summed E-state index contributed by atoms with van der Waals surface area (Å²) in [6.07, 6.45) is 3.39. The fraction of sp³-hybridized carbons (Fsp3) is 0.688. The minimum atomic E-state index is -0.405. The smallest absolute Gasteiger partial charge is 0.244 e. The molecule has 0 bridgehead atoms. The zero-order valence-electron chi connectivity index (χ0n) is 12.8. The lowest BCUT2D eigenvalue weighted by Gasteiger charge is -2.30. The van der Waals surface area contributed by atoms with E-state index in [4.69, 9.17) is 0 Å². The molecule has 5 heteroatoms. The van der Waals surface area contributed by atoms with Gasteiger partial charge in [-0.2, -0.15) is 11.8 Å². The van der Waals surface area contributed by atoms with Gasteiger partial charge in [0.15, 0.2) is 0 Å². The number of hydrogen-bond donors (Lipinski definition) is 1. The Balaban J connectivity index is 1.81. The number of nitrogens with one attached hydrogen (secondary N) is 1. The highest BCUT2D eigenvalue weighted by Gasteiger charge is 2.47. The maximum absolute atomic E-state index is 12.9. The van der Waals surface area contributed by atoms with Gasteiger partial charge in [0.2, 0.25) is 5.91 Å². The first-order valence-corrected chi connectivity index (χ1v) is 9.87. The minimum Gasteiger partial charge on any atom is -0.320 e. The van der Waals surface area contributed by atoms with Crippen molar-refractivity contribution < 1.29 is 4.79 Å². The first kappa shape index (κ1) is 15.4. The van der Waals surface area contributed by atoms with Gasteiger partial charge in [-0.25, -0.2) is 0 Å². The number of amides is 1. The lowest BCUT2D eigenvalue weighted by atomic mass is 9.98. The van der Waals surface area contributed by atoms with Gasteiger partial charge in [0.25, 0.3) is 0 Å². The molecule has 21 heavy (non-hydrogen) atoms. The van der Waals surface area contributed by atoms with Crippen molar-refractivity contribution in [1.29, 1.82) is 0 Å². The molecule has 2 saturated heterocycles. The molecule has 0 aromatic carbocycles. The number of hydrogen-bond acceptors (Lipinski definition) is 4. The maximum atomic E-state index is 12.9. The van der Waals surface area contributed by atoms with E-state index in [1.807, 2.05) is 18.7 Å². The first-order valence-electron chi connectivity index (χ1n) is 7.84. The van der Waals surface area contributed by atoms with Gasteiger partial charge in [-0.15, -0.1) is 11.3 Å². The van der Waals surface area contributed by atoms with E-state index in [-0.39, 0.29) is 12.1 Å². The molecule has 0 saturated carbocycles. The van der Waals surface area contributed by atoms with Crippen LogP contribution in [0.15, 0.2) is 17.5 Å². The third-order valence-electron chi connectivity index (χ3n) is 4.82. The van der Waals surface area contributed by atoms with Crippen molar-refractivity contribution in [3.63, 3.8) is 0 Å². The molecule has 2 aliphatic heterocycles. The zero-order valence-corrected chi connectivity index (χ0v) is 14.4. The Morgan fingerprint density at radius 1 is 1.43 bits per heavy atom. The summed E-state index contributed by atoms with van der Waals surface area (Å²) in [5.74, 6) is 3.43. The van der Waals surface area contributed by atoms with Crippen molar-refractivity contribution in [2.75, 3.05) is 18.1 Å². The van der Waals surface area contributed by atoms with Crippen molar-refractivity contribution in [1.82, 2.24) is 10.2 Å². The van der Waals surface area contributed by atoms with E-state index < -0.39 is 5.54 Å². The van der Waals surface area contributed by atoms with Crippen molar-refractivity contribution in [2.45, 2.75) is 44.8 Å². The SMILES string of the molecule is CCC1(C)NC(c2cccs2)N(CC2CCSCC2)C1=O. The highest BCUT2D eigenvalue weighted by atomic mass is 32.2. The van der Waals surface area contributed by atoms with Crippen LogP contribution in [0.4, 0.5) is 0 Å². The summed E-state index contributed by atoms with van der Waals surface area (Å²) in [6.45, 7) is 5.05.